The smallest absolute Gasteiger partial charge is 0.258 e. The number of hydrogen-bond acceptors (Lipinski definition) is 6. The van der Waals surface area contributed by atoms with Crippen molar-refractivity contribution in [2.75, 3.05) is 3.71 Å². The van der Waals surface area contributed by atoms with E-state index >= 15 is 0 Å². The molecule has 0 saturated carbocycles. The Morgan fingerprint density at radius 2 is 1.17 bits per heavy atom. The second-order valence-electron chi connectivity index (χ2n) is 6.46. The molecule has 0 aliphatic heterocycles. The summed E-state index contributed by atoms with van der Waals surface area (Å²) in [6.45, 7) is 0. The van der Waals surface area contributed by atoms with E-state index in [4.69, 9.17) is 0 Å². The number of benzene rings is 3. The molecule has 156 valence electrons. The first-order valence-electron chi connectivity index (χ1n) is 8.77. The Bertz CT molecular complexity index is 1170. The molecule has 0 aliphatic carbocycles. The van der Waals surface area contributed by atoms with Crippen molar-refractivity contribution in [1.29, 1.82) is 0 Å². The first-order valence-corrected chi connectivity index (χ1v) is 12.0. The quantitative estimate of drug-likeness (QED) is 0.387. The molecule has 0 spiro atoms. The van der Waals surface area contributed by atoms with Crippen LogP contribution >= 0.6 is 0 Å². The molecule has 0 aromatic heterocycles. The van der Waals surface area contributed by atoms with E-state index in [9.17, 15) is 26.9 Å². The molecule has 0 heterocycles. The van der Waals surface area contributed by atoms with Gasteiger partial charge in [0, 0.05) is 12.1 Å². The molecule has 0 bridgehead atoms. The van der Waals surface area contributed by atoms with Crippen molar-refractivity contribution in [2.45, 2.75) is 11.5 Å². The number of nitro groups is 1. The van der Waals surface area contributed by atoms with Gasteiger partial charge in [-0.1, -0.05) is 66.7 Å². The normalized spacial score (nSPS) is 11.7. The minimum absolute atomic E-state index is 0.299. The van der Waals surface area contributed by atoms with Crippen LogP contribution < -0.4 is 3.71 Å². The average molecular weight is 447 g/mol. The number of rotatable bonds is 8. The first-order chi connectivity index (χ1) is 14.2. The Morgan fingerprint density at radius 1 is 0.700 bits per heavy atom. The van der Waals surface area contributed by atoms with Crippen molar-refractivity contribution in [3.05, 3.63) is 106 Å². The third-order valence-electron chi connectivity index (χ3n) is 4.14. The molecule has 0 unspecified atom stereocenters. The molecular formula is C20H18N2O6S2. The molecule has 3 aromatic rings. The van der Waals surface area contributed by atoms with E-state index in [-0.39, 0.29) is 5.69 Å². The molecule has 3 rings (SSSR count). The Labute approximate surface area is 174 Å². The van der Waals surface area contributed by atoms with E-state index in [1.165, 1.54) is 12.1 Å². The SMILES string of the molecule is O=[N+]([O-])c1cccc(N(S(=O)(=O)Cc2ccccc2)S(=O)(=O)Cc2ccccc2)c1. The van der Waals surface area contributed by atoms with Crippen LogP contribution in [0.2, 0.25) is 0 Å². The minimum atomic E-state index is -4.43. The molecule has 0 radical (unpaired) electrons. The summed E-state index contributed by atoms with van der Waals surface area (Å²) in [6.07, 6.45) is 0. The highest BCUT2D eigenvalue weighted by Gasteiger charge is 2.35. The fourth-order valence-electron chi connectivity index (χ4n) is 2.90. The molecule has 0 N–H and O–H groups in total. The fourth-order valence-corrected chi connectivity index (χ4v) is 6.93. The van der Waals surface area contributed by atoms with Crippen molar-refractivity contribution in [3.8, 4) is 0 Å². The van der Waals surface area contributed by atoms with E-state index in [1.807, 2.05) is 0 Å². The van der Waals surface area contributed by atoms with Gasteiger partial charge in [-0.05, 0) is 17.2 Å². The van der Waals surface area contributed by atoms with Crippen molar-refractivity contribution in [3.63, 3.8) is 0 Å². The van der Waals surface area contributed by atoms with Crippen LogP contribution in [0.5, 0.6) is 0 Å². The van der Waals surface area contributed by atoms with E-state index in [1.54, 1.807) is 60.7 Å². The van der Waals surface area contributed by atoms with Gasteiger partial charge in [-0.15, -0.1) is 0 Å². The molecule has 30 heavy (non-hydrogen) atoms. The van der Waals surface area contributed by atoms with Crippen LogP contribution in [0.3, 0.4) is 0 Å². The van der Waals surface area contributed by atoms with Gasteiger partial charge in [0.05, 0.1) is 22.1 Å². The summed E-state index contributed by atoms with van der Waals surface area (Å²) in [5.74, 6) is -1.16. The molecule has 0 fully saturated rings. The number of non-ortho nitro benzene ring substituents is 1. The number of hydrogen-bond donors (Lipinski definition) is 0. The van der Waals surface area contributed by atoms with Crippen molar-refractivity contribution in [1.82, 2.24) is 0 Å². The standard InChI is InChI=1S/C20H18N2O6S2/c23-21(24)19-12-7-13-20(14-19)22(29(25,26)15-17-8-3-1-4-9-17)30(27,28)16-18-10-5-2-6-11-18/h1-14H,15-16H2. The minimum Gasteiger partial charge on any atom is -0.258 e. The van der Waals surface area contributed by atoms with Gasteiger partial charge in [0.15, 0.2) is 0 Å². The Kier molecular flexibility index (Phi) is 6.18. The summed E-state index contributed by atoms with van der Waals surface area (Å²) in [7, 11) is -8.85. The zero-order chi connectivity index (χ0) is 21.8. The highest BCUT2D eigenvalue weighted by atomic mass is 32.3. The van der Waals surface area contributed by atoms with Gasteiger partial charge in [0.1, 0.15) is 0 Å². The number of nitrogens with zero attached hydrogens (tertiary/aromatic N) is 2. The molecule has 0 saturated heterocycles. The van der Waals surface area contributed by atoms with Gasteiger partial charge in [0.2, 0.25) is 0 Å². The first kappa shape index (κ1) is 21.5. The average Bonchev–Trinajstić information content (AvgIpc) is 2.68. The summed E-state index contributed by atoms with van der Waals surface area (Å²) >= 11 is 0. The highest BCUT2D eigenvalue weighted by molar-refractivity contribution is 8.09. The van der Waals surface area contributed by atoms with Crippen LogP contribution in [0, 0.1) is 10.1 Å². The maximum atomic E-state index is 13.2. The van der Waals surface area contributed by atoms with Gasteiger partial charge in [-0.3, -0.25) is 10.1 Å². The molecular weight excluding hydrogens is 428 g/mol. The van der Waals surface area contributed by atoms with Crippen molar-refractivity contribution in [2.24, 2.45) is 0 Å². The van der Waals surface area contributed by atoms with E-state index in [0.717, 1.165) is 12.1 Å². The lowest BCUT2D eigenvalue weighted by atomic mass is 10.2. The number of nitro benzene ring substituents is 1. The lowest BCUT2D eigenvalue weighted by Gasteiger charge is -2.24. The molecule has 0 atom stereocenters. The summed E-state index contributed by atoms with van der Waals surface area (Å²) in [4.78, 5) is 10.4. The highest BCUT2D eigenvalue weighted by Crippen LogP contribution is 2.29. The monoisotopic (exact) mass is 446 g/mol. The molecule has 3 aromatic carbocycles. The molecule has 0 aliphatic rings. The van der Waals surface area contributed by atoms with Crippen LogP contribution in [-0.2, 0) is 31.6 Å². The summed E-state index contributed by atoms with van der Waals surface area (Å²) < 4.78 is 53.1. The zero-order valence-electron chi connectivity index (χ0n) is 15.7. The summed E-state index contributed by atoms with van der Waals surface area (Å²) in [6, 6.07) is 20.8. The molecule has 10 heteroatoms. The lowest BCUT2D eigenvalue weighted by molar-refractivity contribution is -0.384. The van der Waals surface area contributed by atoms with Crippen LogP contribution in [0.4, 0.5) is 11.4 Å². The van der Waals surface area contributed by atoms with Gasteiger partial charge in [-0.25, -0.2) is 16.8 Å². The molecule has 0 amide bonds. The predicted molar refractivity (Wildman–Crippen MR) is 114 cm³/mol. The van der Waals surface area contributed by atoms with Crippen LogP contribution in [-0.4, -0.2) is 21.8 Å². The fraction of sp³-hybridized carbons (Fsp3) is 0.100. The van der Waals surface area contributed by atoms with E-state index < -0.39 is 42.2 Å². The topological polar surface area (TPSA) is 115 Å². The van der Waals surface area contributed by atoms with Gasteiger partial charge >= 0.3 is 0 Å². The number of anilines is 1. The van der Waals surface area contributed by atoms with Gasteiger partial charge in [0.25, 0.3) is 25.7 Å². The van der Waals surface area contributed by atoms with Crippen molar-refractivity contribution >= 4 is 31.4 Å². The third-order valence-corrected chi connectivity index (χ3v) is 8.33. The van der Waals surface area contributed by atoms with Crippen molar-refractivity contribution < 1.29 is 21.8 Å². The van der Waals surface area contributed by atoms with Crippen LogP contribution in [0.15, 0.2) is 84.9 Å². The Morgan fingerprint density at radius 3 is 1.60 bits per heavy atom. The largest absolute Gasteiger partial charge is 0.271 e. The summed E-state index contributed by atoms with van der Waals surface area (Å²) in [5, 5.41) is 11.1. The third kappa shape index (κ3) is 5.02. The predicted octanol–water partition coefficient (Wildman–Crippen LogP) is 3.46. The maximum Gasteiger partial charge on any atom is 0.271 e. The Balaban J connectivity index is 2.11. The van der Waals surface area contributed by atoms with Gasteiger partial charge in [-0.2, -0.15) is 3.71 Å². The van der Waals surface area contributed by atoms with Crippen LogP contribution in [0.1, 0.15) is 11.1 Å². The van der Waals surface area contributed by atoms with E-state index in [0.29, 0.717) is 14.8 Å². The molecule has 8 nitrogen and oxygen atoms in total. The zero-order valence-corrected chi connectivity index (χ0v) is 17.3. The van der Waals surface area contributed by atoms with E-state index in [2.05, 4.69) is 0 Å². The maximum absolute atomic E-state index is 13.2. The second kappa shape index (κ2) is 8.64. The summed E-state index contributed by atoms with van der Waals surface area (Å²) in [5.41, 5.74) is 0.0593. The van der Waals surface area contributed by atoms with Crippen LogP contribution in [0.25, 0.3) is 0 Å². The second-order valence-corrected chi connectivity index (χ2v) is 10.3. The van der Waals surface area contributed by atoms with Gasteiger partial charge < -0.3 is 0 Å². The Hall–Kier alpha value is -3.24. The number of sulfonamides is 2. The lowest BCUT2D eigenvalue weighted by Crippen LogP contribution is -2.38.